The minimum Gasteiger partial charge on any atom is -0.352 e. The average molecular weight is 302 g/mol. The number of alkyl halides is 4. The Bertz CT molecular complexity index is 560. The van der Waals surface area contributed by atoms with E-state index in [2.05, 4.69) is 15.3 Å². The SMILES string of the molecule is FC(F)(F)c1ccnc(NCC(Cl)c2ccccc2)n1. The van der Waals surface area contributed by atoms with E-state index in [1.165, 1.54) is 0 Å². The molecule has 0 saturated carbocycles. The van der Waals surface area contributed by atoms with E-state index in [9.17, 15) is 13.2 Å². The van der Waals surface area contributed by atoms with Gasteiger partial charge in [0.2, 0.25) is 5.95 Å². The van der Waals surface area contributed by atoms with E-state index < -0.39 is 11.9 Å². The van der Waals surface area contributed by atoms with Crippen LogP contribution in [0.5, 0.6) is 0 Å². The Morgan fingerprint density at radius 3 is 2.50 bits per heavy atom. The van der Waals surface area contributed by atoms with Crippen molar-refractivity contribution in [2.45, 2.75) is 11.6 Å². The molecule has 0 radical (unpaired) electrons. The Morgan fingerprint density at radius 2 is 1.85 bits per heavy atom. The van der Waals surface area contributed by atoms with Gasteiger partial charge in [-0.05, 0) is 11.6 Å². The number of hydrogen-bond acceptors (Lipinski definition) is 3. The van der Waals surface area contributed by atoms with Gasteiger partial charge in [0, 0.05) is 12.7 Å². The summed E-state index contributed by atoms with van der Waals surface area (Å²) in [6.07, 6.45) is -3.43. The van der Waals surface area contributed by atoms with Crippen LogP contribution < -0.4 is 5.32 Å². The van der Waals surface area contributed by atoms with Crippen molar-refractivity contribution in [2.24, 2.45) is 0 Å². The molecular formula is C13H11ClF3N3. The molecule has 2 rings (SSSR count). The van der Waals surface area contributed by atoms with Gasteiger partial charge in [-0.25, -0.2) is 9.97 Å². The molecule has 0 amide bonds. The maximum atomic E-state index is 12.5. The molecule has 2 aromatic rings. The number of halogens is 4. The summed E-state index contributed by atoms with van der Waals surface area (Å²) < 4.78 is 37.5. The predicted molar refractivity (Wildman–Crippen MR) is 70.6 cm³/mol. The van der Waals surface area contributed by atoms with Crippen molar-refractivity contribution >= 4 is 17.5 Å². The van der Waals surface area contributed by atoms with Crippen molar-refractivity contribution in [3.8, 4) is 0 Å². The molecule has 0 spiro atoms. The minimum absolute atomic E-state index is 0.0959. The van der Waals surface area contributed by atoms with E-state index in [4.69, 9.17) is 11.6 Å². The minimum atomic E-state index is -4.49. The fourth-order valence-electron chi connectivity index (χ4n) is 1.56. The summed E-state index contributed by atoms with van der Waals surface area (Å²) in [6, 6.07) is 10.0. The first-order valence-corrected chi connectivity index (χ1v) is 6.23. The fourth-order valence-corrected chi connectivity index (χ4v) is 1.78. The van der Waals surface area contributed by atoms with Crippen molar-refractivity contribution in [3.05, 3.63) is 53.9 Å². The normalized spacial score (nSPS) is 13.0. The van der Waals surface area contributed by atoms with E-state index in [1.54, 1.807) is 0 Å². The molecule has 0 saturated heterocycles. The zero-order chi connectivity index (χ0) is 14.6. The number of anilines is 1. The van der Waals surface area contributed by atoms with Gasteiger partial charge in [-0.1, -0.05) is 30.3 Å². The Hall–Kier alpha value is -1.82. The van der Waals surface area contributed by atoms with Crippen LogP contribution in [0.3, 0.4) is 0 Å². The standard InChI is InChI=1S/C13H11ClF3N3/c14-10(9-4-2-1-3-5-9)8-19-12-18-7-6-11(20-12)13(15,16)17/h1-7,10H,8H2,(H,18,19,20). The van der Waals surface area contributed by atoms with Crippen LogP contribution in [0.1, 0.15) is 16.6 Å². The lowest BCUT2D eigenvalue weighted by atomic mass is 10.1. The number of nitrogens with one attached hydrogen (secondary N) is 1. The van der Waals surface area contributed by atoms with E-state index in [1.807, 2.05) is 30.3 Å². The Morgan fingerprint density at radius 1 is 1.15 bits per heavy atom. The monoisotopic (exact) mass is 301 g/mol. The molecule has 0 fully saturated rings. The second kappa shape index (κ2) is 6.09. The molecule has 1 N–H and O–H groups in total. The van der Waals surface area contributed by atoms with E-state index in [0.29, 0.717) is 0 Å². The van der Waals surface area contributed by atoms with Crippen LogP contribution in [0.25, 0.3) is 0 Å². The quantitative estimate of drug-likeness (QED) is 0.871. The molecule has 1 aromatic heterocycles. The van der Waals surface area contributed by atoms with Crippen LogP contribution in [0, 0.1) is 0 Å². The van der Waals surface area contributed by atoms with Gasteiger partial charge < -0.3 is 5.32 Å². The number of aromatic nitrogens is 2. The third kappa shape index (κ3) is 3.84. The second-order valence-corrected chi connectivity index (χ2v) is 4.55. The van der Waals surface area contributed by atoms with Gasteiger partial charge in [0.1, 0.15) is 5.69 Å². The number of hydrogen-bond donors (Lipinski definition) is 1. The molecule has 0 aliphatic rings. The number of benzene rings is 1. The highest BCUT2D eigenvalue weighted by Gasteiger charge is 2.32. The summed E-state index contributed by atoms with van der Waals surface area (Å²) in [4.78, 5) is 7.14. The fraction of sp³-hybridized carbons (Fsp3) is 0.231. The van der Waals surface area contributed by atoms with Crippen molar-refractivity contribution in [2.75, 3.05) is 11.9 Å². The Kier molecular flexibility index (Phi) is 4.44. The lowest BCUT2D eigenvalue weighted by Crippen LogP contribution is -2.14. The van der Waals surface area contributed by atoms with Crippen LogP contribution in [-0.4, -0.2) is 16.5 Å². The van der Waals surface area contributed by atoms with E-state index in [-0.39, 0.29) is 17.9 Å². The van der Waals surface area contributed by atoms with Gasteiger partial charge in [0.15, 0.2) is 0 Å². The maximum absolute atomic E-state index is 12.5. The summed E-state index contributed by atoms with van der Waals surface area (Å²) in [5.41, 5.74) is -0.116. The molecule has 106 valence electrons. The highest BCUT2D eigenvalue weighted by Crippen LogP contribution is 2.27. The van der Waals surface area contributed by atoms with Crippen molar-refractivity contribution in [1.82, 2.24) is 9.97 Å². The average Bonchev–Trinajstić information content (AvgIpc) is 2.45. The maximum Gasteiger partial charge on any atom is 0.433 e. The topological polar surface area (TPSA) is 37.8 Å². The first-order chi connectivity index (χ1) is 9.47. The molecule has 0 aliphatic carbocycles. The van der Waals surface area contributed by atoms with Gasteiger partial charge in [-0.15, -0.1) is 11.6 Å². The molecule has 3 nitrogen and oxygen atoms in total. The van der Waals surface area contributed by atoms with Crippen LogP contribution in [-0.2, 0) is 6.18 Å². The largest absolute Gasteiger partial charge is 0.433 e. The van der Waals surface area contributed by atoms with Gasteiger partial charge >= 0.3 is 6.18 Å². The lowest BCUT2D eigenvalue weighted by Gasteiger charge is -2.12. The molecule has 1 unspecified atom stereocenters. The molecule has 7 heteroatoms. The van der Waals surface area contributed by atoms with Crippen LogP contribution >= 0.6 is 11.6 Å². The first kappa shape index (κ1) is 14.6. The lowest BCUT2D eigenvalue weighted by molar-refractivity contribution is -0.141. The smallest absolute Gasteiger partial charge is 0.352 e. The zero-order valence-corrected chi connectivity index (χ0v) is 11.0. The van der Waals surface area contributed by atoms with Gasteiger partial charge in [0.05, 0.1) is 5.38 Å². The highest BCUT2D eigenvalue weighted by atomic mass is 35.5. The molecule has 0 bridgehead atoms. The second-order valence-electron chi connectivity index (χ2n) is 4.02. The van der Waals surface area contributed by atoms with Crippen LogP contribution in [0.2, 0.25) is 0 Å². The van der Waals surface area contributed by atoms with Gasteiger partial charge in [0.25, 0.3) is 0 Å². The van der Waals surface area contributed by atoms with Crippen LogP contribution in [0.15, 0.2) is 42.6 Å². The summed E-state index contributed by atoms with van der Waals surface area (Å²) >= 11 is 6.15. The Labute approximate surface area is 118 Å². The molecular weight excluding hydrogens is 291 g/mol. The summed E-state index contributed by atoms with van der Waals surface area (Å²) in [5, 5.41) is 2.32. The molecule has 0 aliphatic heterocycles. The summed E-state index contributed by atoms with van der Waals surface area (Å²) in [5.74, 6) is -0.0959. The predicted octanol–water partition coefficient (Wildman–Crippen LogP) is 3.89. The van der Waals surface area contributed by atoms with E-state index in [0.717, 1.165) is 17.8 Å². The molecule has 1 heterocycles. The van der Waals surface area contributed by atoms with Gasteiger partial charge in [-0.2, -0.15) is 13.2 Å². The zero-order valence-electron chi connectivity index (χ0n) is 10.2. The van der Waals surface area contributed by atoms with Gasteiger partial charge in [-0.3, -0.25) is 0 Å². The summed E-state index contributed by atoms with van der Waals surface area (Å²) in [7, 11) is 0. The third-order valence-electron chi connectivity index (χ3n) is 2.55. The first-order valence-electron chi connectivity index (χ1n) is 5.80. The van der Waals surface area contributed by atoms with Crippen molar-refractivity contribution in [3.63, 3.8) is 0 Å². The number of rotatable bonds is 4. The molecule has 1 aromatic carbocycles. The Balaban J connectivity index is 2.01. The summed E-state index contributed by atoms with van der Waals surface area (Å²) in [6.45, 7) is 0.229. The highest BCUT2D eigenvalue weighted by molar-refractivity contribution is 6.21. The van der Waals surface area contributed by atoms with Crippen LogP contribution in [0.4, 0.5) is 19.1 Å². The third-order valence-corrected chi connectivity index (χ3v) is 2.95. The number of nitrogens with zero attached hydrogens (tertiary/aromatic N) is 2. The van der Waals surface area contributed by atoms with E-state index >= 15 is 0 Å². The van der Waals surface area contributed by atoms with Crippen molar-refractivity contribution < 1.29 is 13.2 Å². The molecule has 1 atom stereocenters. The molecule has 20 heavy (non-hydrogen) atoms. The van der Waals surface area contributed by atoms with Crippen molar-refractivity contribution in [1.29, 1.82) is 0 Å².